The predicted octanol–water partition coefficient (Wildman–Crippen LogP) is 4.00. The van der Waals surface area contributed by atoms with Crippen molar-refractivity contribution in [3.05, 3.63) is 59.9 Å². The second-order valence-corrected chi connectivity index (χ2v) is 9.73. The van der Waals surface area contributed by atoms with Gasteiger partial charge in [-0.15, -0.1) is 0 Å². The van der Waals surface area contributed by atoms with Gasteiger partial charge in [-0.2, -0.15) is 8.42 Å². The summed E-state index contributed by atoms with van der Waals surface area (Å²) in [6, 6.07) is 10.9. The average Bonchev–Trinajstić information content (AvgIpc) is 2.65. The summed E-state index contributed by atoms with van der Waals surface area (Å²) in [5, 5.41) is 0. The van der Waals surface area contributed by atoms with E-state index in [1.54, 1.807) is 24.1 Å². The molecule has 2 rings (SSSR count). The Hall–Kier alpha value is -2.45. The lowest BCUT2D eigenvalue weighted by molar-refractivity contribution is -0.134. The van der Waals surface area contributed by atoms with E-state index in [4.69, 9.17) is 8.92 Å². The first-order valence-electron chi connectivity index (χ1n) is 9.56. The number of carbonyl (C=O) groups is 1. The van der Waals surface area contributed by atoms with Gasteiger partial charge in [0.2, 0.25) is 5.91 Å². The molecule has 30 heavy (non-hydrogen) atoms. The summed E-state index contributed by atoms with van der Waals surface area (Å²) in [4.78, 5) is 14.2. The summed E-state index contributed by atoms with van der Waals surface area (Å²) in [6.45, 7) is 7.28. The van der Waals surface area contributed by atoms with Crippen molar-refractivity contribution in [2.45, 2.75) is 38.6 Å². The largest absolute Gasteiger partial charge is 0.383 e. The molecule has 8 heteroatoms. The van der Waals surface area contributed by atoms with Gasteiger partial charge in [-0.3, -0.25) is 4.79 Å². The summed E-state index contributed by atoms with van der Waals surface area (Å²) in [5.74, 6) is -0.372. The van der Waals surface area contributed by atoms with E-state index in [9.17, 15) is 17.6 Å². The van der Waals surface area contributed by atoms with Gasteiger partial charge < -0.3 is 13.8 Å². The molecule has 0 aliphatic carbocycles. The first-order chi connectivity index (χ1) is 14.0. The fourth-order valence-corrected chi connectivity index (χ4v) is 3.64. The van der Waals surface area contributed by atoms with Crippen molar-refractivity contribution in [1.29, 1.82) is 0 Å². The Bertz CT molecular complexity index is 935. The van der Waals surface area contributed by atoms with Crippen LogP contribution in [0.15, 0.2) is 53.4 Å². The molecule has 2 aromatic rings. The Labute approximate surface area is 177 Å². The predicted molar refractivity (Wildman–Crippen MR) is 112 cm³/mol. The van der Waals surface area contributed by atoms with Gasteiger partial charge in [0.25, 0.3) is 0 Å². The summed E-state index contributed by atoms with van der Waals surface area (Å²) in [5.41, 5.74) is 0.703. The number of methoxy groups -OCH3 is 1. The van der Waals surface area contributed by atoms with Crippen molar-refractivity contribution in [1.82, 2.24) is 4.90 Å². The molecule has 164 valence electrons. The number of carbonyl (C=O) groups excluding carboxylic acids is 1. The molecule has 6 nitrogen and oxygen atoms in total. The van der Waals surface area contributed by atoms with Gasteiger partial charge in [0.1, 0.15) is 16.5 Å². The van der Waals surface area contributed by atoms with Crippen molar-refractivity contribution < 1.29 is 26.5 Å². The molecule has 2 aromatic carbocycles. The van der Waals surface area contributed by atoms with Gasteiger partial charge in [-0.25, -0.2) is 4.39 Å². The summed E-state index contributed by atoms with van der Waals surface area (Å²) in [6.07, 6.45) is 0.411. The summed E-state index contributed by atoms with van der Waals surface area (Å²) >= 11 is 0. The Balaban J connectivity index is 2.09. The number of amides is 1. The van der Waals surface area contributed by atoms with Crippen LogP contribution in [0.3, 0.4) is 0 Å². The summed E-state index contributed by atoms with van der Waals surface area (Å²) < 4.78 is 47.8. The molecule has 0 atom stereocenters. The zero-order valence-corrected chi connectivity index (χ0v) is 18.5. The Kier molecular flexibility index (Phi) is 7.97. The molecule has 0 spiro atoms. The smallest absolute Gasteiger partial charge is 0.339 e. The number of nitrogens with zero attached hydrogens (tertiary/aromatic N) is 1. The zero-order valence-electron chi connectivity index (χ0n) is 17.7. The van der Waals surface area contributed by atoms with Crippen molar-refractivity contribution in [3.8, 4) is 5.75 Å². The minimum Gasteiger partial charge on any atom is -0.383 e. The van der Waals surface area contributed by atoms with Crippen LogP contribution in [0.25, 0.3) is 0 Å². The van der Waals surface area contributed by atoms with Gasteiger partial charge in [0, 0.05) is 26.6 Å². The van der Waals surface area contributed by atoms with Crippen LogP contribution in [-0.4, -0.2) is 39.5 Å². The van der Waals surface area contributed by atoms with Crippen LogP contribution in [0.5, 0.6) is 5.75 Å². The third-order valence-electron chi connectivity index (χ3n) is 4.20. The molecule has 0 saturated carbocycles. The molecule has 0 heterocycles. The molecule has 0 N–H and O–H groups in total. The van der Waals surface area contributed by atoms with E-state index in [0.717, 1.165) is 29.8 Å². The number of ether oxygens (including phenoxy) is 1. The first-order valence-corrected chi connectivity index (χ1v) is 11.0. The highest BCUT2D eigenvalue weighted by molar-refractivity contribution is 7.87. The molecule has 0 unspecified atom stereocenters. The maximum atomic E-state index is 13.0. The van der Waals surface area contributed by atoms with Gasteiger partial charge >= 0.3 is 10.1 Å². The lowest BCUT2D eigenvalue weighted by atomic mass is 9.91. The molecule has 0 aliphatic heterocycles. The molecule has 0 fully saturated rings. The summed E-state index contributed by atoms with van der Waals surface area (Å²) in [7, 11) is -2.48. The molecule has 0 bridgehead atoms. The first kappa shape index (κ1) is 23.8. The van der Waals surface area contributed by atoms with Crippen LogP contribution >= 0.6 is 0 Å². The van der Waals surface area contributed by atoms with E-state index in [0.29, 0.717) is 26.1 Å². The highest BCUT2D eigenvalue weighted by atomic mass is 32.2. The minimum atomic E-state index is -4.06. The molecular formula is C22H28FNO5S. The number of halogens is 1. The standard InChI is InChI=1S/C22H28FNO5S/c1-22(2,3)15-21(25)24(13-14-28-4)16-17-5-9-19(10-6-17)29-30(26,27)20-11-7-18(23)8-12-20/h5-12H,13-16H2,1-4H3. The lowest BCUT2D eigenvalue weighted by Crippen LogP contribution is -2.35. The van der Waals surface area contributed by atoms with E-state index < -0.39 is 15.9 Å². The van der Waals surface area contributed by atoms with Crippen LogP contribution in [0.2, 0.25) is 0 Å². The van der Waals surface area contributed by atoms with E-state index >= 15 is 0 Å². The molecular weight excluding hydrogens is 409 g/mol. The van der Waals surface area contributed by atoms with E-state index in [2.05, 4.69) is 0 Å². The molecule has 0 radical (unpaired) electrons. The normalized spacial score (nSPS) is 11.9. The number of benzene rings is 2. The fourth-order valence-electron chi connectivity index (χ4n) is 2.71. The van der Waals surface area contributed by atoms with Gasteiger partial charge in [0.05, 0.1) is 6.61 Å². The van der Waals surface area contributed by atoms with Gasteiger partial charge in [-0.05, 0) is 47.4 Å². The van der Waals surface area contributed by atoms with Crippen LogP contribution in [0.4, 0.5) is 4.39 Å². The van der Waals surface area contributed by atoms with Crippen LogP contribution in [0, 0.1) is 11.2 Å². The van der Waals surface area contributed by atoms with Gasteiger partial charge in [-0.1, -0.05) is 32.9 Å². The SMILES string of the molecule is COCCN(Cc1ccc(OS(=O)(=O)c2ccc(F)cc2)cc1)C(=O)CC(C)(C)C. The molecule has 0 saturated heterocycles. The van der Waals surface area contributed by atoms with Crippen molar-refractivity contribution in [2.24, 2.45) is 5.41 Å². The lowest BCUT2D eigenvalue weighted by Gasteiger charge is -2.26. The number of hydrogen-bond donors (Lipinski definition) is 0. The van der Waals surface area contributed by atoms with E-state index in [-0.39, 0.29) is 22.0 Å². The Morgan fingerprint density at radius 1 is 1.03 bits per heavy atom. The maximum Gasteiger partial charge on any atom is 0.339 e. The van der Waals surface area contributed by atoms with E-state index in [1.807, 2.05) is 20.8 Å². The Morgan fingerprint density at radius 3 is 2.17 bits per heavy atom. The average molecular weight is 438 g/mol. The third-order valence-corrected chi connectivity index (χ3v) is 5.47. The molecule has 0 aliphatic rings. The monoisotopic (exact) mass is 437 g/mol. The third kappa shape index (κ3) is 7.42. The van der Waals surface area contributed by atoms with Crippen LogP contribution in [-0.2, 0) is 26.2 Å². The zero-order chi connectivity index (χ0) is 22.4. The highest BCUT2D eigenvalue weighted by Gasteiger charge is 2.21. The molecule has 0 aromatic heterocycles. The minimum absolute atomic E-state index is 0.0266. The fraction of sp³-hybridized carbons (Fsp3) is 0.409. The van der Waals surface area contributed by atoms with Gasteiger partial charge in [0.15, 0.2) is 0 Å². The highest BCUT2D eigenvalue weighted by Crippen LogP contribution is 2.22. The maximum absolute atomic E-state index is 13.0. The number of rotatable bonds is 9. The quantitative estimate of drug-likeness (QED) is 0.555. The number of hydrogen-bond acceptors (Lipinski definition) is 5. The van der Waals surface area contributed by atoms with Crippen molar-refractivity contribution in [2.75, 3.05) is 20.3 Å². The van der Waals surface area contributed by atoms with Crippen LogP contribution in [0.1, 0.15) is 32.8 Å². The topological polar surface area (TPSA) is 72.9 Å². The molecule has 1 amide bonds. The second-order valence-electron chi connectivity index (χ2n) is 8.18. The van der Waals surface area contributed by atoms with Crippen molar-refractivity contribution in [3.63, 3.8) is 0 Å². The van der Waals surface area contributed by atoms with E-state index in [1.165, 1.54) is 12.1 Å². The van der Waals surface area contributed by atoms with Crippen molar-refractivity contribution >= 4 is 16.0 Å². The second kappa shape index (κ2) is 10.0. The Morgan fingerprint density at radius 2 is 1.63 bits per heavy atom. The van der Waals surface area contributed by atoms with Crippen LogP contribution < -0.4 is 4.18 Å².